The summed E-state index contributed by atoms with van der Waals surface area (Å²) in [5.41, 5.74) is 5.40. The molecule has 1 aliphatic heterocycles. The van der Waals surface area contributed by atoms with Gasteiger partial charge < -0.3 is 20.7 Å². The normalized spacial score (nSPS) is 20.7. The molecular formula is C13H27N3O2. The zero-order valence-corrected chi connectivity index (χ0v) is 11.9. The maximum Gasteiger partial charge on any atom is 0.240 e. The van der Waals surface area contributed by atoms with E-state index in [-0.39, 0.29) is 11.9 Å². The lowest BCUT2D eigenvalue weighted by molar-refractivity contribution is -0.130. The van der Waals surface area contributed by atoms with Crippen LogP contribution in [0.15, 0.2) is 0 Å². The summed E-state index contributed by atoms with van der Waals surface area (Å²) in [6.45, 7) is 10.3. The molecule has 18 heavy (non-hydrogen) atoms. The fourth-order valence-corrected chi connectivity index (χ4v) is 2.24. The van der Waals surface area contributed by atoms with E-state index in [9.17, 15) is 4.79 Å². The smallest absolute Gasteiger partial charge is 0.240 e. The lowest BCUT2D eigenvalue weighted by Crippen LogP contribution is -2.59. The van der Waals surface area contributed by atoms with Crippen molar-refractivity contribution in [2.75, 3.05) is 32.8 Å². The van der Waals surface area contributed by atoms with E-state index in [1.165, 1.54) is 0 Å². The fraction of sp³-hybridized carbons (Fsp3) is 0.923. The molecule has 1 fully saturated rings. The molecule has 3 N–H and O–H groups in total. The molecule has 0 aromatic heterocycles. The van der Waals surface area contributed by atoms with Crippen LogP contribution < -0.4 is 11.1 Å². The summed E-state index contributed by atoms with van der Waals surface area (Å²) in [6.07, 6.45) is 1.22. The summed E-state index contributed by atoms with van der Waals surface area (Å²) in [7, 11) is 0. The highest BCUT2D eigenvalue weighted by molar-refractivity contribution is 5.86. The second-order valence-corrected chi connectivity index (χ2v) is 5.13. The van der Waals surface area contributed by atoms with E-state index in [1.54, 1.807) is 0 Å². The Balaban J connectivity index is 2.43. The SMILES string of the molecule is CCN(CC)CC(C)NC(=O)C1(N)CCOCC1. The van der Waals surface area contributed by atoms with Gasteiger partial charge in [-0.1, -0.05) is 13.8 Å². The highest BCUT2D eigenvalue weighted by atomic mass is 16.5. The maximum absolute atomic E-state index is 12.2. The van der Waals surface area contributed by atoms with Crippen molar-refractivity contribution in [3.8, 4) is 0 Å². The summed E-state index contributed by atoms with van der Waals surface area (Å²) in [5, 5.41) is 3.03. The Morgan fingerprint density at radius 2 is 1.94 bits per heavy atom. The summed E-state index contributed by atoms with van der Waals surface area (Å²) in [6, 6.07) is 0.126. The van der Waals surface area contributed by atoms with Gasteiger partial charge in [-0.15, -0.1) is 0 Å². The van der Waals surface area contributed by atoms with Crippen molar-refractivity contribution in [3.63, 3.8) is 0 Å². The molecule has 0 aromatic rings. The van der Waals surface area contributed by atoms with E-state index in [1.807, 2.05) is 6.92 Å². The highest BCUT2D eigenvalue weighted by Gasteiger charge is 2.36. The fourth-order valence-electron chi connectivity index (χ4n) is 2.24. The Labute approximate surface area is 110 Å². The largest absolute Gasteiger partial charge is 0.381 e. The minimum Gasteiger partial charge on any atom is -0.381 e. The van der Waals surface area contributed by atoms with Crippen molar-refractivity contribution >= 4 is 5.91 Å². The van der Waals surface area contributed by atoms with Crippen molar-refractivity contribution in [2.45, 2.75) is 45.2 Å². The molecule has 1 heterocycles. The van der Waals surface area contributed by atoms with Crippen molar-refractivity contribution in [1.29, 1.82) is 0 Å². The molecule has 0 aliphatic carbocycles. The minimum atomic E-state index is -0.740. The Morgan fingerprint density at radius 1 is 1.39 bits per heavy atom. The lowest BCUT2D eigenvalue weighted by Gasteiger charge is -2.33. The van der Waals surface area contributed by atoms with Gasteiger partial charge in [0, 0.05) is 25.8 Å². The highest BCUT2D eigenvalue weighted by Crippen LogP contribution is 2.17. The van der Waals surface area contributed by atoms with Crippen LogP contribution in [0, 0.1) is 0 Å². The Bertz CT molecular complexity index is 261. The first kappa shape index (κ1) is 15.4. The van der Waals surface area contributed by atoms with Crippen LogP contribution in [0.1, 0.15) is 33.6 Å². The number of likely N-dealkylation sites (N-methyl/N-ethyl adjacent to an activating group) is 1. The van der Waals surface area contributed by atoms with E-state index in [0.29, 0.717) is 26.1 Å². The molecule has 0 saturated carbocycles. The van der Waals surface area contributed by atoms with E-state index in [0.717, 1.165) is 19.6 Å². The van der Waals surface area contributed by atoms with Crippen molar-refractivity contribution in [1.82, 2.24) is 10.2 Å². The zero-order chi connectivity index (χ0) is 13.6. The first-order valence-electron chi connectivity index (χ1n) is 6.91. The number of carbonyl (C=O) groups excluding carboxylic acids is 1. The van der Waals surface area contributed by atoms with Gasteiger partial charge in [-0.2, -0.15) is 0 Å². The summed E-state index contributed by atoms with van der Waals surface area (Å²) >= 11 is 0. The Morgan fingerprint density at radius 3 is 2.44 bits per heavy atom. The number of amides is 1. The van der Waals surface area contributed by atoms with Crippen molar-refractivity contribution in [2.24, 2.45) is 5.73 Å². The van der Waals surface area contributed by atoms with Gasteiger partial charge in [0.2, 0.25) is 5.91 Å². The van der Waals surface area contributed by atoms with Gasteiger partial charge in [0.1, 0.15) is 0 Å². The van der Waals surface area contributed by atoms with Gasteiger partial charge in [0.25, 0.3) is 0 Å². The molecule has 106 valence electrons. The molecular weight excluding hydrogens is 230 g/mol. The number of rotatable bonds is 6. The third kappa shape index (κ3) is 4.23. The molecule has 0 bridgehead atoms. The molecule has 1 atom stereocenters. The Hall–Kier alpha value is -0.650. The number of carbonyl (C=O) groups is 1. The first-order chi connectivity index (χ1) is 8.51. The zero-order valence-electron chi connectivity index (χ0n) is 11.9. The summed E-state index contributed by atoms with van der Waals surface area (Å²) in [5.74, 6) is -0.0366. The van der Waals surface area contributed by atoms with Crippen LogP contribution in [0.5, 0.6) is 0 Å². The quantitative estimate of drug-likeness (QED) is 0.720. The monoisotopic (exact) mass is 257 g/mol. The van der Waals surface area contributed by atoms with Crippen LogP contribution in [0.3, 0.4) is 0 Å². The second-order valence-electron chi connectivity index (χ2n) is 5.13. The molecule has 1 amide bonds. The molecule has 1 unspecified atom stereocenters. The van der Waals surface area contributed by atoms with Crippen LogP contribution in [-0.2, 0) is 9.53 Å². The third-order valence-electron chi connectivity index (χ3n) is 3.64. The molecule has 1 rings (SSSR count). The Kier molecular flexibility index (Phi) is 6.05. The summed E-state index contributed by atoms with van der Waals surface area (Å²) in [4.78, 5) is 14.5. The molecule has 0 aromatic carbocycles. The number of hydrogen-bond acceptors (Lipinski definition) is 4. The maximum atomic E-state index is 12.2. The van der Waals surface area contributed by atoms with Gasteiger partial charge >= 0.3 is 0 Å². The molecule has 1 saturated heterocycles. The number of nitrogens with one attached hydrogen (secondary N) is 1. The molecule has 1 aliphatic rings. The van der Waals surface area contributed by atoms with Gasteiger partial charge in [0.15, 0.2) is 0 Å². The second kappa shape index (κ2) is 7.07. The molecule has 0 spiro atoms. The average molecular weight is 257 g/mol. The molecule has 5 nitrogen and oxygen atoms in total. The van der Waals surface area contributed by atoms with E-state index < -0.39 is 5.54 Å². The predicted molar refractivity (Wildman–Crippen MR) is 72.4 cm³/mol. The third-order valence-corrected chi connectivity index (χ3v) is 3.64. The minimum absolute atomic E-state index is 0.0366. The average Bonchev–Trinajstić information content (AvgIpc) is 2.36. The van der Waals surface area contributed by atoms with Crippen LogP contribution >= 0.6 is 0 Å². The van der Waals surface area contributed by atoms with Crippen LogP contribution in [0.25, 0.3) is 0 Å². The van der Waals surface area contributed by atoms with Gasteiger partial charge in [-0.25, -0.2) is 0 Å². The van der Waals surface area contributed by atoms with Crippen LogP contribution in [0.4, 0.5) is 0 Å². The molecule has 5 heteroatoms. The standard InChI is InChI=1S/C13H27N3O2/c1-4-16(5-2)10-11(3)15-12(17)13(14)6-8-18-9-7-13/h11H,4-10,14H2,1-3H3,(H,15,17). The van der Waals surface area contributed by atoms with Crippen molar-refractivity contribution in [3.05, 3.63) is 0 Å². The number of nitrogens with two attached hydrogens (primary N) is 1. The topological polar surface area (TPSA) is 67.6 Å². The van der Waals surface area contributed by atoms with Crippen LogP contribution in [0.2, 0.25) is 0 Å². The predicted octanol–water partition coefficient (Wildman–Crippen LogP) is 0.341. The van der Waals surface area contributed by atoms with E-state index >= 15 is 0 Å². The number of hydrogen-bond donors (Lipinski definition) is 2. The molecule has 0 radical (unpaired) electrons. The van der Waals surface area contributed by atoms with E-state index in [4.69, 9.17) is 10.5 Å². The van der Waals surface area contributed by atoms with Gasteiger partial charge in [0.05, 0.1) is 5.54 Å². The van der Waals surface area contributed by atoms with Gasteiger partial charge in [-0.05, 0) is 32.9 Å². The van der Waals surface area contributed by atoms with Crippen molar-refractivity contribution < 1.29 is 9.53 Å². The summed E-state index contributed by atoms with van der Waals surface area (Å²) < 4.78 is 5.25. The van der Waals surface area contributed by atoms with Crippen LogP contribution in [-0.4, -0.2) is 55.2 Å². The number of ether oxygens (including phenoxy) is 1. The van der Waals surface area contributed by atoms with Gasteiger partial charge in [-0.3, -0.25) is 4.79 Å². The first-order valence-corrected chi connectivity index (χ1v) is 6.91. The number of nitrogens with zero attached hydrogens (tertiary/aromatic N) is 1. The lowest BCUT2D eigenvalue weighted by atomic mass is 9.90. The van der Waals surface area contributed by atoms with E-state index in [2.05, 4.69) is 24.1 Å².